The highest BCUT2D eigenvalue weighted by Gasteiger charge is 2.41. The van der Waals surface area contributed by atoms with Crippen molar-refractivity contribution in [2.24, 2.45) is 5.92 Å². The van der Waals surface area contributed by atoms with E-state index >= 15 is 0 Å². The van der Waals surface area contributed by atoms with Crippen LogP contribution in [0, 0.1) is 5.92 Å². The molecule has 0 N–H and O–H groups in total. The largest absolute Gasteiger partial charge is 0.375 e. The molecule has 4 heteroatoms. The van der Waals surface area contributed by atoms with Crippen LogP contribution in [0.15, 0.2) is 24.5 Å². The lowest BCUT2D eigenvalue weighted by atomic mass is 9.86. The number of hydrogen-bond acceptors (Lipinski definition) is 3. The van der Waals surface area contributed by atoms with Crippen molar-refractivity contribution < 1.29 is 9.53 Å². The normalized spacial score (nSPS) is 25.1. The molecule has 2 saturated heterocycles. The van der Waals surface area contributed by atoms with Crippen LogP contribution in [0.5, 0.6) is 0 Å². The Kier molecular flexibility index (Phi) is 3.74. The fraction of sp³-hybridized carbons (Fsp3) is 0.625. The van der Waals surface area contributed by atoms with Crippen LogP contribution >= 0.6 is 0 Å². The van der Waals surface area contributed by atoms with Crippen LogP contribution in [0.25, 0.3) is 0 Å². The molecule has 4 nitrogen and oxygen atoms in total. The Morgan fingerprint density at radius 3 is 2.70 bits per heavy atom. The van der Waals surface area contributed by atoms with E-state index in [1.807, 2.05) is 17.0 Å². The number of ether oxygens (including phenoxy) is 1. The third-order valence-corrected chi connectivity index (χ3v) is 4.53. The highest BCUT2D eigenvalue weighted by atomic mass is 16.5. The van der Waals surface area contributed by atoms with Crippen molar-refractivity contribution in [3.63, 3.8) is 0 Å². The van der Waals surface area contributed by atoms with Gasteiger partial charge in [0.25, 0.3) is 0 Å². The van der Waals surface area contributed by atoms with E-state index in [1.54, 1.807) is 12.4 Å². The average Bonchev–Trinajstić information content (AvgIpc) is 2.81. The minimum absolute atomic E-state index is 0.0624. The molecule has 0 aromatic carbocycles. The van der Waals surface area contributed by atoms with Crippen molar-refractivity contribution in [3.05, 3.63) is 30.1 Å². The van der Waals surface area contributed by atoms with Gasteiger partial charge in [-0.15, -0.1) is 0 Å². The van der Waals surface area contributed by atoms with Gasteiger partial charge >= 0.3 is 0 Å². The second kappa shape index (κ2) is 5.52. The summed E-state index contributed by atoms with van der Waals surface area (Å²) in [6.45, 7) is 4.79. The Morgan fingerprint density at radius 1 is 1.40 bits per heavy atom. The summed E-state index contributed by atoms with van der Waals surface area (Å²) in [6, 6.07) is 3.82. The summed E-state index contributed by atoms with van der Waals surface area (Å²) in [6.07, 6.45) is 7.08. The lowest BCUT2D eigenvalue weighted by Crippen LogP contribution is -2.46. The van der Waals surface area contributed by atoms with Crippen molar-refractivity contribution in [2.75, 3.05) is 19.7 Å². The van der Waals surface area contributed by atoms with Crippen LogP contribution in [0.3, 0.4) is 0 Å². The van der Waals surface area contributed by atoms with Gasteiger partial charge in [0.1, 0.15) is 0 Å². The van der Waals surface area contributed by atoms with Crippen LogP contribution in [0.1, 0.15) is 31.7 Å². The topological polar surface area (TPSA) is 42.4 Å². The Hall–Kier alpha value is -1.42. The van der Waals surface area contributed by atoms with Gasteiger partial charge in [0, 0.05) is 32.1 Å². The zero-order valence-corrected chi connectivity index (χ0v) is 12.0. The quantitative estimate of drug-likeness (QED) is 0.829. The molecule has 2 fully saturated rings. The van der Waals surface area contributed by atoms with Crippen LogP contribution in [0.4, 0.5) is 0 Å². The number of rotatable bonds is 2. The van der Waals surface area contributed by atoms with E-state index in [4.69, 9.17) is 4.74 Å². The van der Waals surface area contributed by atoms with E-state index in [-0.39, 0.29) is 11.5 Å². The van der Waals surface area contributed by atoms with Crippen LogP contribution in [0.2, 0.25) is 0 Å². The standard InChI is InChI=1S/C16H22N2O2/c1-13-11-16(20-12-13)4-8-18(9-5-16)15(19)10-14-2-6-17-7-3-14/h2-3,6-7,13H,4-5,8-12H2,1H3/t13-/m0/s1. The number of carbonyl (C=O) groups excluding carboxylic acids is 1. The number of amides is 1. The predicted molar refractivity (Wildman–Crippen MR) is 76.2 cm³/mol. The average molecular weight is 274 g/mol. The van der Waals surface area contributed by atoms with Crippen LogP contribution in [-0.4, -0.2) is 41.1 Å². The first-order valence-corrected chi connectivity index (χ1v) is 7.48. The molecule has 3 rings (SSSR count). The smallest absolute Gasteiger partial charge is 0.226 e. The van der Waals surface area contributed by atoms with Gasteiger partial charge in [-0.1, -0.05) is 6.92 Å². The zero-order valence-electron chi connectivity index (χ0n) is 12.0. The fourth-order valence-corrected chi connectivity index (χ4v) is 3.37. The maximum Gasteiger partial charge on any atom is 0.226 e. The minimum Gasteiger partial charge on any atom is -0.375 e. The maximum absolute atomic E-state index is 12.3. The Bertz CT molecular complexity index is 467. The molecular weight excluding hydrogens is 252 g/mol. The van der Waals surface area contributed by atoms with Gasteiger partial charge in [-0.05, 0) is 42.9 Å². The molecule has 3 heterocycles. The number of piperidine rings is 1. The number of pyridine rings is 1. The SMILES string of the molecule is C[C@@H]1COC2(CCN(C(=O)Cc3ccncc3)CC2)C1. The van der Waals surface area contributed by atoms with E-state index in [2.05, 4.69) is 11.9 Å². The molecule has 1 atom stereocenters. The molecule has 0 saturated carbocycles. The predicted octanol–water partition coefficient (Wildman–Crippen LogP) is 2.04. The van der Waals surface area contributed by atoms with Crippen LogP contribution < -0.4 is 0 Å². The molecule has 0 aliphatic carbocycles. The third-order valence-electron chi connectivity index (χ3n) is 4.53. The molecule has 1 amide bonds. The van der Waals surface area contributed by atoms with E-state index in [1.165, 1.54) is 0 Å². The van der Waals surface area contributed by atoms with Crippen molar-refractivity contribution in [3.8, 4) is 0 Å². The second-order valence-electron chi connectivity index (χ2n) is 6.22. The molecule has 2 aliphatic heterocycles. The summed E-state index contributed by atoms with van der Waals surface area (Å²) in [5.41, 5.74) is 1.10. The first kappa shape index (κ1) is 13.6. The number of carbonyl (C=O) groups is 1. The van der Waals surface area contributed by atoms with Crippen LogP contribution in [-0.2, 0) is 16.0 Å². The highest BCUT2D eigenvalue weighted by Crippen LogP contribution is 2.38. The molecule has 1 spiro atoms. The maximum atomic E-state index is 12.3. The molecule has 2 aliphatic rings. The summed E-state index contributed by atoms with van der Waals surface area (Å²) in [4.78, 5) is 18.3. The summed E-state index contributed by atoms with van der Waals surface area (Å²) >= 11 is 0. The molecule has 0 bridgehead atoms. The third kappa shape index (κ3) is 2.85. The number of aromatic nitrogens is 1. The number of likely N-dealkylation sites (tertiary alicyclic amines) is 1. The minimum atomic E-state index is 0.0624. The first-order chi connectivity index (χ1) is 9.67. The molecule has 108 valence electrons. The number of nitrogens with zero attached hydrogens (tertiary/aromatic N) is 2. The summed E-state index contributed by atoms with van der Waals surface area (Å²) < 4.78 is 5.99. The van der Waals surface area contributed by atoms with Gasteiger partial charge < -0.3 is 9.64 Å². The van der Waals surface area contributed by atoms with Gasteiger partial charge in [0.05, 0.1) is 12.0 Å². The highest BCUT2D eigenvalue weighted by molar-refractivity contribution is 5.78. The molecule has 1 aromatic rings. The first-order valence-electron chi connectivity index (χ1n) is 7.48. The summed E-state index contributed by atoms with van der Waals surface area (Å²) in [5, 5.41) is 0. The number of hydrogen-bond donors (Lipinski definition) is 0. The fourth-order valence-electron chi connectivity index (χ4n) is 3.37. The molecule has 20 heavy (non-hydrogen) atoms. The second-order valence-corrected chi connectivity index (χ2v) is 6.22. The lowest BCUT2D eigenvalue weighted by molar-refractivity contribution is -0.135. The molecule has 0 unspecified atom stereocenters. The Morgan fingerprint density at radius 2 is 2.10 bits per heavy atom. The van der Waals surface area contributed by atoms with Gasteiger partial charge in [-0.3, -0.25) is 9.78 Å². The van der Waals surface area contributed by atoms with Gasteiger partial charge in [0.15, 0.2) is 0 Å². The van der Waals surface area contributed by atoms with Gasteiger partial charge in [0.2, 0.25) is 5.91 Å². The Balaban J connectivity index is 1.54. The van der Waals surface area contributed by atoms with Gasteiger partial charge in [-0.2, -0.15) is 0 Å². The lowest BCUT2D eigenvalue weighted by Gasteiger charge is -2.38. The monoisotopic (exact) mass is 274 g/mol. The summed E-state index contributed by atoms with van der Waals surface area (Å²) in [7, 11) is 0. The van der Waals surface area contributed by atoms with Crippen molar-refractivity contribution in [1.29, 1.82) is 0 Å². The van der Waals surface area contributed by atoms with Crippen molar-refractivity contribution in [2.45, 2.75) is 38.2 Å². The molecule has 0 radical (unpaired) electrons. The zero-order chi connectivity index (χ0) is 14.0. The van der Waals surface area contributed by atoms with E-state index in [9.17, 15) is 4.79 Å². The van der Waals surface area contributed by atoms with E-state index in [0.29, 0.717) is 12.3 Å². The van der Waals surface area contributed by atoms with Crippen molar-refractivity contribution >= 4 is 5.91 Å². The molecular formula is C16H22N2O2. The van der Waals surface area contributed by atoms with Crippen molar-refractivity contribution in [1.82, 2.24) is 9.88 Å². The Labute approximate surface area is 120 Å². The van der Waals surface area contributed by atoms with E-state index in [0.717, 1.165) is 44.5 Å². The van der Waals surface area contributed by atoms with E-state index < -0.39 is 0 Å². The molecule has 1 aromatic heterocycles. The van der Waals surface area contributed by atoms with Gasteiger partial charge in [-0.25, -0.2) is 0 Å². The summed E-state index contributed by atoms with van der Waals surface area (Å²) in [5.74, 6) is 0.881.